The Morgan fingerprint density at radius 2 is 2.18 bits per heavy atom. The van der Waals surface area contributed by atoms with Crippen molar-refractivity contribution in [2.24, 2.45) is 5.92 Å². The molecule has 0 bridgehead atoms. The summed E-state index contributed by atoms with van der Waals surface area (Å²) in [5, 5.41) is 14.8. The summed E-state index contributed by atoms with van der Waals surface area (Å²) < 4.78 is 5.33. The van der Waals surface area contributed by atoms with E-state index in [4.69, 9.17) is 9.84 Å². The van der Waals surface area contributed by atoms with Gasteiger partial charge in [0.15, 0.2) is 0 Å². The van der Waals surface area contributed by atoms with Gasteiger partial charge in [0.25, 0.3) is 0 Å². The first-order valence-corrected chi connectivity index (χ1v) is 6.49. The molecule has 1 saturated heterocycles. The lowest BCUT2D eigenvalue weighted by Gasteiger charge is -2.17. The summed E-state index contributed by atoms with van der Waals surface area (Å²) in [5.41, 5.74) is 0. The molecule has 0 radical (unpaired) electrons. The van der Waals surface area contributed by atoms with Gasteiger partial charge in [-0.3, -0.25) is 4.79 Å². The van der Waals surface area contributed by atoms with Crippen LogP contribution in [-0.2, 0) is 9.53 Å². The van der Waals surface area contributed by atoms with Gasteiger partial charge >= 0.3 is 0 Å². The van der Waals surface area contributed by atoms with E-state index in [-0.39, 0.29) is 24.5 Å². The van der Waals surface area contributed by atoms with E-state index in [9.17, 15) is 4.79 Å². The minimum absolute atomic E-state index is 0.0622. The maximum absolute atomic E-state index is 11.9. The fourth-order valence-electron chi connectivity index (χ4n) is 2.03. The first-order valence-electron chi connectivity index (χ1n) is 6.49. The molecule has 1 rings (SSSR count). The van der Waals surface area contributed by atoms with Crippen molar-refractivity contribution in [1.29, 1.82) is 0 Å². The molecule has 0 spiro atoms. The molecule has 100 valence electrons. The minimum Gasteiger partial charge on any atom is -0.396 e. The summed E-state index contributed by atoms with van der Waals surface area (Å²) in [7, 11) is 0. The topological polar surface area (TPSA) is 70.6 Å². The highest BCUT2D eigenvalue weighted by Crippen LogP contribution is 2.13. The maximum atomic E-state index is 11.9. The summed E-state index contributed by atoms with van der Waals surface area (Å²) in [6.07, 6.45) is 2.68. The first kappa shape index (κ1) is 14.4. The van der Waals surface area contributed by atoms with Gasteiger partial charge in [-0.05, 0) is 25.8 Å². The van der Waals surface area contributed by atoms with Crippen molar-refractivity contribution in [3.8, 4) is 0 Å². The van der Waals surface area contributed by atoms with E-state index in [0.29, 0.717) is 19.8 Å². The molecule has 17 heavy (non-hydrogen) atoms. The van der Waals surface area contributed by atoms with Gasteiger partial charge in [-0.1, -0.05) is 6.92 Å². The monoisotopic (exact) mass is 244 g/mol. The number of hydrogen-bond acceptors (Lipinski definition) is 4. The highest BCUT2D eigenvalue weighted by Gasteiger charge is 2.32. The number of rotatable bonds is 8. The molecular weight excluding hydrogens is 220 g/mol. The molecule has 0 aliphatic carbocycles. The lowest BCUT2D eigenvalue weighted by Crippen LogP contribution is -2.44. The van der Waals surface area contributed by atoms with Crippen LogP contribution in [0.4, 0.5) is 0 Å². The lowest BCUT2D eigenvalue weighted by molar-refractivity contribution is -0.125. The van der Waals surface area contributed by atoms with Crippen molar-refractivity contribution in [2.75, 3.05) is 32.9 Å². The van der Waals surface area contributed by atoms with Gasteiger partial charge in [0.2, 0.25) is 5.91 Å². The van der Waals surface area contributed by atoms with Crippen LogP contribution < -0.4 is 10.6 Å². The van der Waals surface area contributed by atoms with E-state index in [1.165, 1.54) is 0 Å². The Kier molecular flexibility index (Phi) is 7.16. The molecule has 2 unspecified atom stereocenters. The Labute approximate surface area is 103 Å². The molecule has 3 N–H and O–H groups in total. The number of ether oxygens (including phenoxy) is 1. The molecule has 1 amide bonds. The molecule has 1 fully saturated rings. The fourth-order valence-corrected chi connectivity index (χ4v) is 2.03. The van der Waals surface area contributed by atoms with E-state index in [2.05, 4.69) is 10.6 Å². The molecule has 5 heteroatoms. The van der Waals surface area contributed by atoms with E-state index in [1.807, 2.05) is 6.92 Å². The quantitative estimate of drug-likeness (QED) is 0.521. The van der Waals surface area contributed by atoms with Gasteiger partial charge in [-0.15, -0.1) is 0 Å². The van der Waals surface area contributed by atoms with Crippen LogP contribution >= 0.6 is 0 Å². The number of carbonyl (C=O) groups excluding carboxylic acids is 1. The first-order chi connectivity index (χ1) is 8.29. The molecule has 0 saturated carbocycles. The van der Waals surface area contributed by atoms with Gasteiger partial charge < -0.3 is 20.5 Å². The Hall–Kier alpha value is -0.650. The summed E-state index contributed by atoms with van der Waals surface area (Å²) in [5.74, 6) is 0.0187. The van der Waals surface area contributed by atoms with Crippen molar-refractivity contribution in [1.82, 2.24) is 10.6 Å². The number of nitrogens with one attached hydrogen (secondary N) is 2. The predicted molar refractivity (Wildman–Crippen MR) is 65.7 cm³/mol. The third kappa shape index (κ3) is 5.02. The van der Waals surface area contributed by atoms with Crippen LogP contribution in [0.1, 0.15) is 26.2 Å². The maximum Gasteiger partial charge on any atom is 0.227 e. The van der Waals surface area contributed by atoms with Crippen LogP contribution in [0.25, 0.3) is 0 Å². The molecule has 5 nitrogen and oxygen atoms in total. The van der Waals surface area contributed by atoms with E-state index < -0.39 is 0 Å². The highest BCUT2D eigenvalue weighted by atomic mass is 16.5. The molecule has 2 atom stereocenters. The molecule has 0 aromatic carbocycles. The van der Waals surface area contributed by atoms with Crippen LogP contribution in [0.5, 0.6) is 0 Å². The second-order valence-electron chi connectivity index (χ2n) is 4.38. The number of likely N-dealkylation sites (N-methyl/N-ethyl adjacent to an activating group) is 1. The standard InChI is InChI=1S/C12H24N2O3/c1-2-13-11-9-17-8-10(11)12(16)14-6-4-3-5-7-15/h10-11,13,15H,2-9H2,1H3,(H,14,16). The van der Waals surface area contributed by atoms with Crippen LogP contribution in [0.15, 0.2) is 0 Å². The van der Waals surface area contributed by atoms with E-state index in [0.717, 1.165) is 25.8 Å². The zero-order valence-corrected chi connectivity index (χ0v) is 10.6. The fraction of sp³-hybridized carbons (Fsp3) is 0.917. The summed E-state index contributed by atoms with van der Waals surface area (Å²) in [6, 6.07) is 0.150. The molecule has 1 aliphatic heterocycles. The van der Waals surface area contributed by atoms with Gasteiger partial charge in [0, 0.05) is 19.2 Å². The van der Waals surface area contributed by atoms with Gasteiger partial charge in [-0.25, -0.2) is 0 Å². The molecule has 1 heterocycles. The summed E-state index contributed by atoms with van der Waals surface area (Å²) in [6.45, 7) is 4.94. The average Bonchev–Trinajstić information content (AvgIpc) is 2.77. The van der Waals surface area contributed by atoms with E-state index in [1.54, 1.807) is 0 Å². The van der Waals surface area contributed by atoms with Gasteiger partial charge in [0.05, 0.1) is 19.1 Å². The summed E-state index contributed by atoms with van der Waals surface area (Å²) >= 11 is 0. The van der Waals surface area contributed by atoms with Crippen molar-refractivity contribution in [2.45, 2.75) is 32.2 Å². The van der Waals surface area contributed by atoms with Gasteiger partial charge in [-0.2, -0.15) is 0 Å². The molecule has 0 aromatic heterocycles. The SMILES string of the molecule is CCNC1COCC1C(=O)NCCCCCO. The lowest BCUT2D eigenvalue weighted by atomic mass is 10.0. The zero-order chi connectivity index (χ0) is 12.5. The largest absolute Gasteiger partial charge is 0.396 e. The Morgan fingerprint density at radius 1 is 1.35 bits per heavy atom. The number of hydrogen-bond donors (Lipinski definition) is 3. The normalized spacial score (nSPS) is 23.9. The number of aliphatic hydroxyl groups is 1. The number of amides is 1. The number of carbonyl (C=O) groups is 1. The summed E-state index contributed by atoms with van der Waals surface area (Å²) in [4.78, 5) is 11.9. The Morgan fingerprint density at radius 3 is 2.88 bits per heavy atom. The highest BCUT2D eigenvalue weighted by molar-refractivity contribution is 5.79. The zero-order valence-electron chi connectivity index (χ0n) is 10.6. The van der Waals surface area contributed by atoms with Crippen LogP contribution in [0.2, 0.25) is 0 Å². The smallest absolute Gasteiger partial charge is 0.227 e. The second-order valence-corrected chi connectivity index (χ2v) is 4.38. The van der Waals surface area contributed by atoms with Crippen LogP contribution in [0, 0.1) is 5.92 Å². The van der Waals surface area contributed by atoms with Crippen LogP contribution in [0.3, 0.4) is 0 Å². The Balaban J connectivity index is 2.17. The molecule has 0 aromatic rings. The molecule has 1 aliphatic rings. The van der Waals surface area contributed by atoms with Crippen molar-refractivity contribution in [3.63, 3.8) is 0 Å². The van der Waals surface area contributed by atoms with Gasteiger partial charge in [0.1, 0.15) is 0 Å². The van der Waals surface area contributed by atoms with Crippen molar-refractivity contribution in [3.05, 3.63) is 0 Å². The van der Waals surface area contributed by atoms with Crippen molar-refractivity contribution < 1.29 is 14.6 Å². The number of aliphatic hydroxyl groups excluding tert-OH is 1. The third-order valence-corrected chi connectivity index (χ3v) is 3.02. The van der Waals surface area contributed by atoms with E-state index >= 15 is 0 Å². The third-order valence-electron chi connectivity index (χ3n) is 3.02. The number of unbranched alkanes of at least 4 members (excludes halogenated alkanes) is 2. The average molecular weight is 244 g/mol. The predicted octanol–water partition coefficient (Wildman–Crippen LogP) is -0.110. The second kappa shape index (κ2) is 8.44. The molecular formula is C12H24N2O3. The van der Waals surface area contributed by atoms with Crippen molar-refractivity contribution >= 4 is 5.91 Å². The van der Waals surface area contributed by atoms with Crippen LogP contribution in [-0.4, -0.2) is 50.0 Å². The Bertz CT molecular complexity index is 224. The minimum atomic E-state index is -0.0622.